The SMILES string of the molecule is C=C(c1ccccc1)[C@@H](NC(=O)N[C@H](C(=O)N1CCC[C@H]1C(=O)NC(CC1CC1)C(=O)C(N)=O)C(C)(C)C)C(C)C. The fourth-order valence-corrected chi connectivity index (χ4v) is 5.28. The molecule has 5 N–H and O–H groups in total. The first-order valence-electron chi connectivity index (χ1n) is 14.5. The number of nitrogens with two attached hydrogens (primary N) is 1. The van der Waals surface area contributed by atoms with Crippen LogP contribution in [0.25, 0.3) is 5.57 Å². The first-order valence-corrected chi connectivity index (χ1v) is 14.5. The molecule has 1 aliphatic carbocycles. The van der Waals surface area contributed by atoms with E-state index in [9.17, 15) is 24.0 Å². The van der Waals surface area contributed by atoms with Gasteiger partial charge in [0.25, 0.3) is 5.91 Å². The fraction of sp³-hybridized carbons (Fsp3) is 0.581. The summed E-state index contributed by atoms with van der Waals surface area (Å²) in [4.78, 5) is 65.9. The number of ketones is 1. The standard InChI is InChI=1S/C31H45N5O5/c1-18(2)24(19(3)21-11-8-7-9-12-21)34-30(41)35-26(31(4,5)6)29(40)36-16-10-13-23(36)28(39)33-22(17-20-14-15-20)25(37)27(32)38/h7-9,11-12,18,20,22-24,26H,3,10,13-17H2,1-2,4-6H3,(H2,32,38)(H,33,39)(H2,34,35,41)/t22?,23-,24-,26+/m0/s1. The lowest BCUT2D eigenvalue weighted by atomic mass is 9.85. The highest BCUT2D eigenvalue weighted by Gasteiger charge is 2.43. The Morgan fingerprint density at radius 1 is 1.00 bits per heavy atom. The Labute approximate surface area is 242 Å². The van der Waals surface area contributed by atoms with Crippen LogP contribution in [-0.4, -0.2) is 65.1 Å². The zero-order chi connectivity index (χ0) is 30.5. The van der Waals surface area contributed by atoms with Crippen molar-refractivity contribution in [2.24, 2.45) is 23.0 Å². The number of likely N-dealkylation sites (tertiary alicyclic amines) is 1. The van der Waals surface area contributed by atoms with Gasteiger partial charge >= 0.3 is 6.03 Å². The molecule has 41 heavy (non-hydrogen) atoms. The van der Waals surface area contributed by atoms with Crippen molar-refractivity contribution in [3.8, 4) is 0 Å². The molecule has 0 radical (unpaired) electrons. The van der Waals surface area contributed by atoms with Crippen molar-refractivity contribution >= 4 is 35.1 Å². The smallest absolute Gasteiger partial charge is 0.315 e. The van der Waals surface area contributed by atoms with Gasteiger partial charge in [-0.1, -0.05) is 84.4 Å². The number of benzene rings is 1. The number of Topliss-reactive ketones (excluding diaryl/α,β-unsaturated/α-hetero) is 1. The summed E-state index contributed by atoms with van der Waals surface area (Å²) in [6.45, 7) is 14.1. The summed E-state index contributed by atoms with van der Waals surface area (Å²) in [6, 6.07) is 5.97. The quantitative estimate of drug-likeness (QED) is 0.286. The van der Waals surface area contributed by atoms with Crippen LogP contribution in [0.15, 0.2) is 36.9 Å². The van der Waals surface area contributed by atoms with Gasteiger partial charge in [-0.25, -0.2) is 4.79 Å². The average Bonchev–Trinajstić information content (AvgIpc) is 3.59. The summed E-state index contributed by atoms with van der Waals surface area (Å²) in [5.74, 6) is -2.49. The molecule has 1 aliphatic heterocycles. The van der Waals surface area contributed by atoms with Crippen LogP contribution >= 0.6 is 0 Å². The summed E-state index contributed by atoms with van der Waals surface area (Å²) >= 11 is 0. The molecule has 1 aromatic rings. The predicted octanol–water partition coefficient (Wildman–Crippen LogP) is 2.77. The van der Waals surface area contributed by atoms with E-state index in [-0.39, 0.29) is 23.8 Å². The molecular weight excluding hydrogens is 522 g/mol. The number of nitrogens with zero attached hydrogens (tertiary/aromatic N) is 1. The molecule has 1 saturated heterocycles. The van der Waals surface area contributed by atoms with Gasteiger partial charge in [0.05, 0.1) is 12.1 Å². The minimum atomic E-state index is -1.09. The predicted molar refractivity (Wildman–Crippen MR) is 157 cm³/mol. The average molecular weight is 568 g/mol. The number of carbonyl (C=O) groups is 5. The summed E-state index contributed by atoms with van der Waals surface area (Å²) < 4.78 is 0. The van der Waals surface area contributed by atoms with Crippen molar-refractivity contribution < 1.29 is 24.0 Å². The van der Waals surface area contributed by atoms with Gasteiger partial charge < -0.3 is 26.6 Å². The minimum absolute atomic E-state index is 0.0376. The van der Waals surface area contributed by atoms with Gasteiger partial charge in [0.2, 0.25) is 17.6 Å². The van der Waals surface area contributed by atoms with Crippen LogP contribution in [0.4, 0.5) is 4.79 Å². The first-order chi connectivity index (χ1) is 19.2. The molecule has 0 aromatic heterocycles. The second-order valence-corrected chi connectivity index (χ2v) is 12.7. The maximum Gasteiger partial charge on any atom is 0.315 e. The van der Waals surface area contributed by atoms with Crippen LogP contribution in [0.1, 0.15) is 72.3 Å². The normalized spacial score (nSPS) is 19.2. The van der Waals surface area contributed by atoms with Crippen LogP contribution in [0.5, 0.6) is 0 Å². The number of nitrogens with one attached hydrogen (secondary N) is 3. The van der Waals surface area contributed by atoms with E-state index in [0.29, 0.717) is 25.8 Å². The van der Waals surface area contributed by atoms with E-state index >= 15 is 0 Å². The zero-order valence-electron chi connectivity index (χ0n) is 24.9. The third-order valence-electron chi connectivity index (χ3n) is 7.84. The molecule has 1 heterocycles. The molecule has 3 rings (SSSR count). The van der Waals surface area contributed by atoms with Gasteiger partial charge in [0, 0.05) is 6.54 Å². The van der Waals surface area contributed by atoms with Gasteiger partial charge in [-0.15, -0.1) is 0 Å². The topological polar surface area (TPSA) is 151 Å². The first kappa shape index (κ1) is 31.8. The lowest BCUT2D eigenvalue weighted by Gasteiger charge is -2.36. The number of hydrogen-bond acceptors (Lipinski definition) is 5. The molecule has 4 atom stereocenters. The number of urea groups is 1. The molecule has 1 unspecified atom stereocenters. The van der Waals surface area contributed by atoms with E-state index in [1.54, 1.807) is 0 Å². The number of amides is 5. The molecular formula is C31H45N5O5. The second-order valence-electron chi connectivity index (χ2n) is 12.7. The Morgan fingerprint density at radius 2 is 1.63 bits per heavy atom. The van der Waals surface area contributed by atoms with Crippen molar-refractivity contribution in [1.29, 1.82) is 0 Å². The molecule has 2 aliphatic rings. The van der Waals surface area contributed by atoms with Gasteiger partial charge in [0.15, 0.2) is 0 Å². The Kier molecular flexibility index (Phi) is 10.3. The molecule has 5 amide bonds. The minimum Gasteiger partial charge on any atom is -0.363 e. The summed E-state index contributed by atoms with van der Waals surface area (Å²) in [5, 5.41) is 8.54. The fourth-order valence-electron chi connectivity index (χ4n) is 5.28. The van der Waals surface area contributed by atoms with Crippen LogP contribution in [0, 0.1) is 17.3 Å². The number of hydrogen-bond donors (Lipinski definition) is 4. The van der Waals surface area contributed by atoms with Crippen molar-refractivity contribution in [1.82, 2.24) is 20.9 Å². The maximum absolute atomic E-state index is 13.9. The maximum atomic E-state index is 13.9. The van der Waals surface area contributed by atoms with E-state index in [0.717, 1.165) is 24.0 Å². The number of rotatable bonds is 12. The summed E-state index contributed by atoms with van der Waals surface area (Å²) in [5.41, 5.74) is 6.23. The van der Waals surface area contributed by atoms with Crippen LogP contribution in [0.3, 0.4) is 0 Å². The van der Waals surface area contributed by atoms with Crippen LogP contribution < -0.4 is 21.7 Å². The van der Waals surface area contributed by atoms with Crippen LogP contribution in [-0.2, 0) is 19.2 Å². The summed E-state index contributed by atoms with van der Waals surface area (Å²) in [7, 11) is 0. The molecule has 10 nitrogen and oxygen atoms in total. The molecule has 0 spiro atoms. The van der Waals surface area contributed by atoms with Gasteiger partial charge in [-0.3, -0.25) is 19.2 Å². The lowest BCUT2D eigenvalue weighted by molar-refractivity contribution is -0.143. The van der Waals surface area contributed by atoms with E-state index in [1.807, 2.05) is 65.0 Å². The molecule has 1 aromatic carbocycles. The van der Waals surface area contributed by atoms with Crippen LogP contribution in [0.2, 0.25) is 0 Å². The molecule has 1 saturated carbocycles. The van der Waals surface area contributed by atoms with E-state index in [4.69, 9.17) is 5.73 Å². The molecule has 0 bridgehead atoms. The highest BCUT2D eigenvalue weighted by atomic mass is 16.2. The Bertz CT molecular complexity index is 1160. The Balaban J connectivity index is 1.73. The van der Waals surface area contributed by atoms with E-state index < -0.39 is 47.2 Å². The van der Waals surface area contributed by atoms with E-state index in [1.165, 1.54) is 4.90 Å². The molecule has 2 fully saturated rings. The largest absolute Gasteiger partial charge is 0.363 e. The Morgan fingerprint density at radius 3 is 2.17 bits per heavy atom. The lowest BCUT2D eigenvalue weighted by Crippen LogP contribution is -2.60. The number of carbonyl (C=O) groups excluding carboxylic acids is 5. The monoisotopic (exact) mass is 567 g/mol. The highest BCUT2D eigenvalue weighted by molar-refractivity contribution is 6.37. The van der Waals surface area contributed by atoms with Crippen molar-refractivity contribution in [2.45, 2.75) is 90.9 Å². The van der Waals surface area contributed by atoms with Crippen molar-refractivity contribution in [3.63, 3.8) is 0 Å². The van der Waals surface area contributed by atoms with Gasteiger partial charge in [0.1, 0.15) is 12.1 Å². The molecule has 224 valence electrons. The highest BCUT2D eigenvalue weighted by Crippen LogP contribution is 2.34. The number of primary amides is 1. The van der Waals surface area contributed by atoms with Gasteiger partial charge in [-0.05, 0) is 47.6 Å². The second kappa shape index (κ2) is 13.3. The molecule has 10 heteroatoms. The van der Waals surface area contributed by atoms with Gasteiger partial charge in [-0.2, -0.15) is 0 Å². The van der Waals surface area contributed by atoms with Crippen molar-refractivity contribution in [2.75, 3.05) is 6.54 Å². The summed E-state index contributed by atoms with van der Waals surface area (Å²) in [6.07, 6.45) is 3.23. The van der Waals surface area contributed by atoms with Crippen molar-refractivity contribution in [3.05, 3.63) is 42.5 Å². The van der Waals surface area contributed by atoms with E-state index in [2.05, 4.69) is 22.5 Å². The zero-order valence-corrected chi connectivity index (χ0v) is 24.9. The Hall–Kier alpha value is -3.69. The third kappa shape index (κ3) is 8.41. The third-order valence-corrected chi connectivity index (χ3v) is 7.84.